The van der Waals surface area contributed by atoms with E-state index in [2.05, 4.69) is 5.32 Å². The smallest absolute Gasteiger partial charge is 0.370 e. The summed E-state index contributed by atoms with van der Waals surface area (Å²) in [5, 5.41) is 2.43. The molecule has 0 aliphatic rings. The van der Waals surface area contributed by atoms with Gasteiger partial charge in [0.1, 0.15) is 0 Å². The Morgan fingerprint density at radius 1 is 1.21 bits per heavy atom. The number of amides is 2. The second-order valence-corrected chi connectivity index (χ2v) is 4.68. The molecule has 0 saturated heterocycles. The first kappa shape index (κ1) is 15.4. The van der Waals surface area contributed by atoms with Gasteiger partial charge in [0, 0.05) is 23.4 Å². The highest BCUT2D eigenvalue weighted by Gasteiger charge is 2.29. The topological polar surface area (TPSA) is 72.2 Å². The highest BCUT2D eigenvalue weighted by Crippen LogP contribution is 2.36. The Labute approximate surface area is 111 Å². The third kappa shape index (κ3) is 6.14. The van der Waals surface area contributed by atoms with Crippen LogP contribution < -0.4 is 11.1 Å². The molecule has 0 aromatic heterocycles. The first-order valence-corrected chi connectivity index (χ1v) is 6.02. The molecule has 0 fully saturated rings. The summed E-state index contributed by atoms with van der Waals surface area (Å²) in [5.74, 6) is -1.01. The maximum atomic E-state index is 12.1. The van der Waals surface area contributed by atoms with Crippen molar-refractivity contribution >= 4 is 23.6 Å². The predicted molar refractivity (Wildman–Crippen MR) is 64.5 cm³/mol. The summed E-state index contributed by atoms with van der Waals surface area (Å²) >= 11 is -0.250. The van der Waals surface area contributed by atoms with E-state index < -0.39 is 17.3 Å². The van der Waals surface area contributed by atoms with Crippen LogP contribution in [0.1, 0.15) is 16.8 Å². The standard InChI is InChI=1S/C11H11F3N2O2S/c12-11(13,14)19-8-3-1-7(2-4-8)10(18)16-6-5-9(15)17/h1-4H,5-6H2,(H2,15,17)(H,16,18). The first-order chi connectivity index (χ1) is 8.78. The number of alkyl halides is 3. The molecule has 0 unspecified atom stereocenters. The van der Waals surface area contributed by atoms with Gasteiger partial charge in [0.05, 0.1) is 0 Å². The lowest BCUT2D eigenvalue weighted by Gasteiger charge is -2.07. The monoisotopic (exact) mass is 292 g/mol. The largest absolute Gasteiger partial charge is 0.446 e. The number of nitrogens with two attached hydrogens (primary N) is 1. The molecule has 104 valence electrons. The third-order valence-electron chi connectivity index (χ3n) is 2.01. The Morgan fingerprint density at radius 3 is 2.26 bits per heavy atom. The summed E-state index contributed by atoms with van der Waals surface area (Å²) in [5.41, 5.74) is 0.759. The third-order valence-corrected chi connectivity index (χ3v) is 2.75. The lowest BCUT2D eigenvalue weighted by Crippen LogP contribution is -2.27. The fourth-order valence-corrected chi connectivity index (χ4v) is 1.75. The van der Waals surface area contributed by atoms with E-state index in [4.69, 9.17) is 5.73 Å². The molecular weight excluding hydrogens is 281 g/mol. The second-order valence-electron chi connectivity index (χ2n) is 3.54. The van der Waals surface area contributed by atoms with E-state index in [0.29, 0.717) is 0 Å². The van der Waals surface area contributed by atoms with Gasteiger partial charge in [-0.05, 0) is 36.0 Å². The minimum atomic E-state index is -4.36. The molecule has 0 bridgehead atoms. The van der Waals surface area contributed by atoms with Crippen molar-refractivity contribution in [2.24, 2.45) is 5.73 Å². The van der Waals surface area contributed by atoms with Gasteiger partial charge in [-0.15, -0.1) is 0 Å². The SMILES string of the molecule is NC(=O)CCNC(=O)c1ccc(SC(F)(F)F)cc1. The van der Waals surface area contributed by atoms with Crippen molar-refractivity contribution in [2.75, 3.05) is 6.54 Å². The van der Waals surface area contributed by atoms with Crippen LogP contribution in [0.2, 0.25) is 0 Å². The van der Waals surface area contributed by atoms with Crippen LogP contribution >= 0.6 is 11.8 Å². The molecule has 3 N–H and O–H groups in total. The molecule has 8 heteroatoms. The van der Waals surface area contributed by atoms with Gasteiger partial charge < -0.3 is 11.1 Å². The zero-order valence-electron chi connectivity index (χ0n) is 9.66. The van der Waals surface area contributed by atoms with E-state index in [9.17, 15) is 22.8 Å². The summed E-state index contributed by atoms with van der Waals surface area (Å²) in [6, 6.07) is 4.99. The number of rotatable bonds is 5. The van der Waals surface area contributed by atoms with Gasteiger partial charge in [0.25, 0.3) is 5.91 Å². The summed E-state index contributed by atoms with van der Waals surface area (Å²) in [7, 11) is 0. The van der Waals surface area contributed by atoms with Gasteiger partial charge in [-0.25, -0.2) is 0 Å². The van der Waals surface area contributed by atoms with Crippen LogP contribution in [0.3, 0.4) is 0 Å². The first-order valence-electron chi connectivity index (χ1n) is 5.20. The zero-order valence-corrected chi connectivity index (χ0v) is 10.5. The van der Waals surface area contributed by atoms with E-state index in [1.54, 1.807) is 0 Å². The Balaban J connectivity index is 2.56. The number of carbonyl (C=O) groups is 2. The van der Waals surface area contributed by atoms with Gasteiger partial charge in [-0.1, -0.05) is 0 Å². The zero-order chi connectivity index (χ0) is 14.5. The molecular formula is C11H11F3N2O2S. The average molecular weight is 292 g/mol. The Morgan fingerprint density at radius 2 is 1.79 bits per heavy atom. The van der Waals surface area contributed by atoms with Gasteiger partial charge in [-0.2, -0.15) is 13.2 Å². The predicted octanol–water partition coefficient (Wildman–Crippen LogP) is 1.90. The lowest BCUT2D eigenvalue weighted by molar-refractivity contribution is -0.117. The number of benzene rings is 1. The molecule has 0 saturated carbocycles. The van der Waals surface area contributed by atoms with Crippen LogP contribution in [0.5, 0.6) is 0 Å². The fourth-order valence-electron chi connectivity index (χ4n) is 1.21. The van der Waals surface area contributed by atoms with Crippen molar-refractivity contribution in [1.29, 1.82) is 0 Å². The minimum Gasteiger partial charge on any atom is -0.370 e. The summed E-state index contributed by atoms with van der Waals surface area (Å²) in [4.78, 5) is 22.0. The van der Waals surface area contributed by atoms with Crippen molar-refractivity contribution in [2.45, 2.75) is 16.8 Å². The van der Waals surface area contributed by atoms with Crippen molar-refractivity contribution < 1.29 is 22.8 Å². The van der Waals surface area contributed by atoms with Crippen LogP contribution in [0, 0.1) is 0 Å². The van der Waals surface area contributed by atoms with Crippen molar-refractivity contribution in [3.63, 3.8) is 0 Å². The van der Waals surface area contributed by atoms with Gasteiger partial charge in [-0.3, -0.25) is 9.59 Å². The molecule has 1 aromatic rings. The highest BCUT2D eigenvalue weighted by molar-refractivity contribution is 8.00. The van der Waals surface area contributed by atoms with Gasteiger partial charge in [0.15, 0.2) is 0 Å². The minimum absolute atomic E-state index is 0.00110. The normalized spacial score (nSPS) is 11.1. The molecule has 1 rings (SSSR count). The summed E-state index contributed by atoms with van der Waals surface area (Å²) < 4.78 is 36.2. The summed E-state index contributed by atoms with van der Waals surface area (Å²) in [6.45, 7) is 0.0905. The Bertz CT molecular complexity index is 460. The molecule has 1 aromatic carbocycles. The lowest BCUT2D eigenvalue weighted by atomic mass is 10.2. The van der Waals surface area contributed by atoms with Crippen molar-refractivity contribution in [3.8, 4) is 0 Å². The maximum absolute atomic E-state index is 12.1. The number of nitrogens with one attached hydrogen (secondary N) is 1. The van der Waals surface area contributed by atoms with E-state index in [-0.39, 0.29) is 35.2 Å². The molecule has 4 nitrogen and oxygen atoms in total. The van der Waals surface area contributed by atoms with Crippen LogP contribution in [0.4, 0.5) is 13.2 Å². The maximum Gasteiger partial charge on any atom is 0.446 e. The molecule has 0 aliphatic carbocycles. The van der Waals surface area contributed by atoms with Gasteiger partial charge in [0.2, 0.25) is 5.91 Å². The quantitative estimate of drug-likeness (QED) is 0.814. The van der Waals surface area contributed by atoms with Crippen molar-refractivity contribution in [3.05, 3.63) is 29.8 Å². The number of carbonyl (C=O) groups excluding carboxylic acids is 2. The number of halogens is 3. The van der Waals surface area contributed by atoms with Crippen LogP contribution in [-0.2, 0) is 4.79 Å². The number of primary amides is 1. The fraction of sp³-hybridized carbons (Fsp3) is 0.273. The van der Waals surface area contributed by atoms with E-state index in [0.717, 1.165) is 0 Å². The van der Waals surface area contributed by atoms with Crippen LogP contribution in [-0.4, -0.2) is 23.9 Å². The molecule has 19 heavy (non-hydrogen) atoms. The van der Waals surface area contributed by atoms with Gasteiger partial charge >= 0.3 is 5.51 Å². The number of thioether (sulfide) groups is 1. The number of hydrogen-bond acceptors (Lipinski definition) is 3. The van der Waals surface area contributed by atoms with Crippen LogP contribution in [0.25, 0.3) is 0 Å². The van der Waals surface area contributed by atoms with E-state index in [1.807, 2.05) is 0 Å². The Hall–Kier alpha value is -1.70. The summed E-state index contributed by atoms with van der Waals surface area (Å²) in [6.07, 6.45) is 0.00769. The number of hydrogen-bond donors (Lipinski definition) is 2. The average Bonchev–Trinajstić information content (AvgIpc) is 2.27. The van der Waals surface area contributed by atoms with E-state index >= 15 is 0 Å². The molecule has 2 amide bonds. The second kappa shape index (κ2) is 6.46. The molecule has 0 atom stereocenters. The highest BCUT2D eigenvalue weighted by atomic mass is 32.2. The van der Waals surface area contributed by atoms with Crippen LogP contribution in [0.15, 0.2) is 29.2 Å². The molecule has 0 aliphatic heterocycles. The molecule has 0 heterocycles. The molecule has 0 spiro atoms. The Kier molecular flexibility index (Phi) is 5.22. The van der Waals surface area contributed by atoms with E-state index in [1.165, 1.54) is 24.3 Å². The van der Waals surface area contributed by atoms with Crippen molar-refractivity contribution in [1.82, 2.24) is 5.32 Å². The molecule has 0 radical (unpaired) electrons.